The highest BCUT2D eigenvalue weighted by atomic mass is 16.5. The van der Waals surface area contributed by atoms with Gasteiger partial charge in [0.25, 0.3) is 5.56 Å². The Bertz CT molecular complexity index is 1400. The van der Waals surface area contributed by atoms with Gasteiger partial charge in [-0.25, -0.2) is 4.68 Å². The predicted molar refractivity (Wildman–Crippen MR) is 135 cm³/mol. The second-order valence-corrected chi connectivity index (χ2v) is 9.61. The van der Waals surface area contributed by atoms with Gasteiger partial charge in [-0.15, -0.1) is 5.10 Å². The van der Waals surface area contributed by atoms with E-state index >= 15 is 0 Å². The van der Waals surface area contributed by atoms with Crippen LogP contribution in [0.1, 0.15) is 67.6 Å². The van der Waals surface area contributed by atoms with E-state index in [1.165, 1.54) is 24.8 Å². The molecule has 0 bridgehead atoms. The van der Waals surface area contributed by atoms with Crippen LogP contribution in [0.25, 0.3) is 10.9 Å². The van der Waals surface area contributed by atoms with Gasteiger partial charge < -0.3 is 14.6 Å². The number of para-hydroxylation sites is 1. The molecule has 1 atom stereocenters. The molecule has 8 nitrogen and oxygen atoms in total. The van der Waals surface area contributed by atoms with Crippen molar-refractivity contribution >= 4 is 16.6 Å². The lowest BCUT2D eigenvalue weighted by molar-refractivity contribution is 0.313. The second-order valence-electron chi connectivity index (χ2n) is 9.61. The van der Waals surface area contributed by atoms with Crippen LogP contribution in [-0.4, -0.2) is 38.8 Å². The van der Waals surface area contributed by atoms with E-state index in [1.807, 2.05) is 28.9 Å². The van der Waals surface area contributed by atoms with Crippen molar-refractivity contribution in [2.45, 2.75) is 57.0 Å². The highest BCUT2D eigenvalue weighted by Gasteiger charge is 2.34. The number of aromatic nitrogens is 5. The summed E-state index contributed by atoms with van der Waals surface area (Å²) < 4.78 is 7.44. The van der Waals surface area contributed by atoms with Crippen LogP contribution in [0.4, 0.5) is 5.69 Å². The second kappa shape index (κ2) is 9.17. The number of pyridine rings is 1. The number of aromatic amines is 1. The lowest BCUT2D eigenvalue weighted by Crippen LogP contribution is -2.39. The SMILES string of the molecule is COc1ccc2[nH]c(=O)c([C@H](c3nnnn3C3CCCCC3)N3CCCc4ccccc43)cc2c1. The van der Waals surface area contributed by atoms with E-state index in [2.05, 4.69) is 49.7 Å². The maximum atomic E-state index is 13.6. The molecule has 0 amide bonds. The summed E-state index contributed by atoms with van der Waals surface area (Å²) in [6.07, 6.45) is 7.77. The minimum absolute atomic E-state index is 0.117. The first-order valence-electron chi connectivity index (χ1n) is 12.6. The third-order valence-corrected chi connectivity index (χ3v) is 7.52. The van der Waals surface area contributed by atoms with Crippen LogP contribution in [0.5, 0.6) is 5.75 Å². The van der Waals surface area contributed by atoms with E-state index in [-0.39, 0.29) is 11.6 Å². The zero-order valence-corrected chi connectivity index (χ0v) is 20.0. The molecule has 3 heterocycles. The molecule has 35 heavy (non-hydrogen) atoms. The third kappa shape index (κ3) is 3.96. The first-order valence-corrected chi connectivity index (χ1v) is 12.6. The number of nitrogens with zero attached hydrogens (tertiary/aromatic N) is 5. The lowest BCUT2D eigenvalue weighted by atomic mass is 9.94. The van der Waals surface area contributed by atoms with E-state index in [1.54, 1.807) is 7.11 Å². The molecule has 2 aromatic heterocycles. The van der Waals surface area contributed by atoms with Crippen LogP contribution < -0.4 is 15.2 Å². The number of benzene rings is 2. The Morgan fingerprint density at radius 2 is 1.91 bits per heavy atom. The molecule has 4 aromatic rings. The first-order chi connectivity index (χ1) is 17.2. The number of rotatable bonds is 5. The van der Waals surface area contributed by atoms with Gasteiger partial charge in [0, 0.05) is 28.7 Å². The summed E-state index contributed by atoms with van der Waals surface area (Å²) in [5, 5.41) is 14.0. The number of ether oxygens (including phenoxy) is 1. The standard InChI is InChI=1S/C27H30N6O2/c1-35-21-13-14-23-19(16-21)17-22(27(34)28-23)25(32-15-7-9-18-8-5-6-12-24(18)32)26-29-30-31-33(26)20-10-3-2-4-11-20/h5-6,8,12-14,16-17,20,25H,2-4,7,9-11,15H2,1H3,(H,28,34)/t25-/m1/s1. The maximum Gasteiger partial charge on any atom is 0.254 e. The number of methoxy groups -OCH3 is 1. The molecular formula is C27H30N6O2. The summed E-state index contributed by atoms with van der Waals surface area (Å²) in [6.45, 7) is 0.828. The molecule has 1 fully saturated rings. The van der Waals surface area contributed by atoms with Crippen LogP contribution in [0.15, 0.2) is 53.3 Å². The average molecular weight is 471 g/mol. The molecule has 2 aromatic carbocycles. The number of nitrogens with one attached hydrogen (secondary N) is 1. The van der Waals surface area contributed by atoms with Gasteiger partial charge in [0.2, 0.25) is 0 Å². The van der Waals surface area contributed by atoms with E-state index < -0.39 is 6.04 Å². The van der Waals surface area contributed by atoms with E-state index in [0.717, 1.165) is 60.4 Å². The van der Waals surface area contributed by atoms with Gasteiger partial charge in [-0.3, -0.25) is 4.79 Å². The summed E-state index contributed by atoms with van der Waals surface area (Å²) in [4.78, 5) is 19.0. The molecule has 2 aliphatic rings. The average Bonchev–Trinajstić information content (AvgIpc) is 3.39. The van der Waals surface area contributed by atoms with Crippen molar-refractivity contribution in [2.75, 3.05) is 18.6 Å². The van der Waals surface area contributed by atoms with E-state index in [4.69, 9.17) is 4.74 Å². The fourth-order valence-electron chi connectivity index (χ4n) is 5.78. The van der Waals surface area contributed by atoms with Crippen molar-refractivity contribution in [3.05, 3.63) is 75.8 Å². The minimum Gasteiger partial charge on any atom is -0.497 e. The number of hydrogen-bond donors (Lipinski definition) is 1. The predicted octanol–water partition coefficient (Wildman–Crippen LogP) is 4.57. The number of H-pyrrole nitrogens is 1. The number of fused-ring (bicyclic) bond motifs is 2. The van der Waals surface area contributed by atoms with Gasteiger partial charge in [-0.1, -0.05) is 37.5 Å². The number of tetrazole rings is 1. The van der Waals surface area contributed by atoms with Gasteiger partial charge in [0.15, 0.2) is 5.82 Å². The largest absolute Gasteiger partial charge is 0.497 e. The molecule has 0 saturated heterocycles. The number of anilines is 1. The fraction of sp³-hybridized carbons (Fsp3) is 0.407. The summed E-state index contributed by atoms with van der Waals surface area (Å²) in [6, 6.07) is 16.0. The molecule has 1 saturated carbocycles. The molecule has 8 heteroatoms. The van der Waals surface area contributed by atoms with Gasteiger partial charge in [0.1, 0.15) is 11.8 Å². The molecule has 1 aliphatic heterocycles. The zero-order chi connectivity index (χ0) is 23.8. The molecule has 0 radical (unpaired) electrons. The van der Waals surface area contributed by atoms with Gasteiger partial charge >= 0.3 is 0 Å². The molecular weight excluding hydrogens is 440 g/mol. The summed E-state index contributed by atoms with van der Waals surface area (Å²) in [5.74, 6) is 1.49. The topological polar surface area (TPSA) is 88.9 Å². The summed E-state index contributed by atoms with van der Waals surface area (Å²) >= 11 is 0. The molecule has 180 valence electrons. The van der Waals surface area contributed by atoms with Crippen molar-refractivity contribution in [2.24, 2.45) is 0 Å². The Hall–Kier alpha value is -3.68. The van der Waals surface area contributed by atoms with Gasteiger partial charge in [-0.2, -0.15) is 0 Å². The van der Waals surface area contributed by atoms with Crippen molar-refractivity contribution < 1.29 is 4.74 Å². The molecule has 6 rings (SSSR count). The van der Waals surface area contributed by atoms with Crippen LogP contribution in [0.2, 0.25) is 0 Å². The fourth-order valence-corrected chi connectivity index (χ4v) is 5.78. The van der Waals surface area contributed by atoms with Crippen molar-refractivity contribution in [1.82, 2.24) is 25.2 Å². The zero-order valence-electron chi connectivity index (χ0n) is 20.0. The molecule has 1 aliphatic carbocycles. The monoisotopic (exact) mass is 470 g/mol. The summed E-state index contributed by atoms with van der Waals surface area (Å²) in [5.41, 5.74) is 3.75. The molecule has 1 N–H and O–H groups in total. The van der Waals surface area contributed by atoms with Gasteiger partial charge in [-0.05, 0) is 72.0 Å². The van der Waals surface area contributed by atoms with Gasteiger partial charge in [0.05, 0.1) is 13.2 Å². The van der Waals surface area contributed by atoms with E-state index in [9.17, 15) is 4.79 Å². The Labute approximate surface area is 203 Å². The quantitative estimate of drug-likeness (QED) is 0.460. The third-order valence-electron chi connectivity index (χ3n) is 7.52. The Kier molecular flexibility index (Phi) is 5.72. The van der Waals surface area contributed by atoms with Crippen molar-refractivity contribution in [3.8, 4) is 5.75 Å². The van der Waals surface area contributed by atoms with Crippen LogP contribution in [-0.2, 0) is 6.42 Å². The maximum absolute atomic E-state index is 13.6. The van der Waals surface area contributed by atoms with Crippen molar-refractivity contribution in [3.63, 3.8) is 0 Å². The normalized spacial score (nSPS) is 17.3. The van der Waals surface area contributed by atoms with Crippen LogP contribution in [0, 0.1) is 0 Å². The minimum atomic E-state index is -0.396. The van der Waals surface area contributed by atoms with Crippen molar-refractivity contribution in [1.29, 1.82) is 0 Å². The first kappa shape index (κ1) is 21.8. The highest BCUT2D eigenvalue weighted by Crippen LogP contribution is 2.38. The smallest absolute Gasteiger partial charge is 0.254 e. The number of aryl methyl sites for hydroxylation is 1. The highest BCUT2D eigenvalue weighted by molar-refractivity contribution is 5.81. The van der Waals surface area contributed by atoms with Crippen LogP contribution >= 0.6 is 0 Å². The molecule has 0 spiro atoms. The molecule has 0 unspecified atom stereocenters. The summed E-state index contributed by atoms with van der Waals surface area (Å²) in [7, 11) is 1.65. The Balaban J connectivity index is 1.55. The Morgan fingerprint density at radius 3 is 2.77 bits per heavy atom. The number of hydrogen-bond acceptors (Lipinski definition) is 6. The van der Waals surface area contributed by atoms with Crippen LogP contribution in [0.3, 0.4) is 0 Å². The van der Waals surface area contributed by atoms with E-state index in [0.29, 0.717) is 5.56 Å². The Morgan fingerprint density at radius 1 is 1.06 bits per heavy atom. The lowest BCUT2D eigenvalue weighted by Gasteiger charge is -2.38.